The van der Waals surface area contributed by atoms with Crippen LogP contribution in [0.15, 0.2) is 249 Å². The second-order valence-electron chi connectivity index (χ2n) is 20.3. The van der Waals surface area contributed by atoms with Crippen molar-refractivity contribution in [1.82, 2.24) is 0 Å². The number of anilines is 3. The van der Waals surface area contributed by atoms with Gasteiger partial charge in [-0.1, -0.05) is 208 Å². The maximum Gasteiger partial charge on any atom is 0.135 e. The number of hydrogen-bond acceptors (Lipinski definition) is 2. The van der Waals surface area contributed by atoms with E-state index in [1.807, 2.05) is 6.07 Å². The second kappa shape index (κ2) is 15.3. The molecule has 2 heteroatoms. The van der Waals surface area contributed by atoms with Gasteiger partial charge in [0.2, 0.25) is 0 Å². The van der Waals surface area contributed by atoms with Crippen molar-refractivity contribution in [3.8, 4) is 89.4 Å². The molecule has 338 valence electrons. The monoisotopic (exact) mass is 917 g/mol. The minimum Gasteiger partial charge on any atom is -0.456 e. The Morgan fingerprint density at radius 3 is 1.25 bits per heavy atom. The Balaban J connectivity index is 0.890. The smallest absolute Gasteiger partial charge is 0.135 e. The summed E-state index contributed by atoms with van der Waals surface area (Å²) in [4.78, 5) is 2.44. The van der Waals surface area contributed by atoms with Crippen molar-refractivity contribution in [2.75, 3.05) is 4.90 Å². The third-order valence-corrected chi connectivity index (χ3v) is 16.3. The van der Waals surface area contributed by atoms with Crippen molar-refractivity contribution in [2.45, 2.75) is 24.7 Å². The highest BCUT2D eigenvalue weighted by Crippen LogP contribution is 2.62. The van der Waals surface area contributed by atoms with Gasteiger partial charge in [0.1, 0.15) is 11.5 Å². The van der Waals surface area contributed by atoms with E-state index in [2.05, 4.69) is 261 Å². The molecule has 0 aromatic heterocycles. The van der Waals surface area contributed by atoms with Crippen molar-refractivity contribution in [3.05, 3.63) is 282 Å². The van der Waals surface area contributed by atoms with Crippen LogP contribution in [-0.4, -0.2) is 0 Å². The summed E-state index contributed by atoms with van der Waals surface area (Å²) in [7, 11) is 0. The molecule has 0 fully saturated rings. The van der Waals surface area contributed by atoms with E-state index in [4.69, 9.17) is 4.74 Å². The summed E-state index contributed by atoms with van der Waals surface area (Å²) in [6.07, 6.45) is 0. The van der Waals surface area contributed by atoms with Gasteiger partial charge in [0.05, 0.1) is 5.41 Å². The predicted octanol–water partition coefficient (Wildman–Crippen LogP) is 18.6. The van der Waals surface area contributed by atoms with Crippen molar-refractivity contribution in [1.29, 1.82) is 0 Å². The van der Waals surface area contributed by atoms with Gasteiger partial charge in [-0.05, 0) is 155 Å². The van der Waals surface area contributed by atoms with Crippen molar-refractivity contribution in [3.63, 3.8) is 0 Å². The van der Waals surface area contributed by atoms with Crippen LogP contribution < -0.4 is 9.64 Å². The van der Waals surface area contributed by atoms with Gasteiger partial charge in [0.25, 0.3) is 0 Å². The van der Waals surface area contributed by atoms with Crippen molar-refractivity contribution >= 4 is 17.1 Å². The maximum absolute atomic E-state index is 6.63. The molecule has 1 heterocycles. The molecule has 0 saturated heterocycles. The molecule has 11 aromatic rings. The maximum atomic E-state index is 6.63. The zero-order chi connectivity index (χ0) is 47.7. The van der Waals surface area contributed by atoms with Gasteiger partial charge in [-0.3, -0.25) is 0 Å². The van der Waals surface area contributed by atoms with E-state index < -0.39 is 5.41 Å². The Bertz CT molecular complexity index is 4000. The van der Waals surface area contributed by atoms with Crippen molar-refractivity contribution in [2.24, 2.45) is 0 Å². The Morgan fingerprint density at radius 2 is 0.653 bits per heavy atom. The van der Waals surface area contributed by atoms with E-state index in [0.717, 1.165) is 50.8 Å². The molecule has 1 spiro atoms. The summed E-state index contributed by atoms with van der Waals surface area (Å²) in [5.74, 6) is 1.72. The number of nitrogens with zero attached hydrogens (tertiary/aromatic N) is 1. The van der Waals surface area contributed by atoms with Gasteiger partial charge in [-0.2, -0.15) is 0 Å². The van der Waals surface area contributed by atoms with E-state index in [-0.39, 0.29) is 5.41 Å². The number of benzene rings is 11. The first-order chi connectivity index (χ1) is 35.5. The number of rotatable bonds is 4. The first kappa shape index (κ1) is 40.9. The first-order valence-electron chi connectivity index (χ1n) is 25.2. The Labute approximate surface area is 420 Å². The molecule has 15 rings (SSSR count). The summed E-state index contributed by atoms with van der Waals surface area (Å²) in [6.45, 7) is 4.72. The Hall–Kier alpha value is -8.98. The number of ether oxygens (including phenoxy) is 1. The summed E-state index contributed by atoms with van der Waals surface area (Å²) >= 11 is 0. The van der Waals surface area contributed by atoms with Gasteiger partial charge >= 0.3 is 0 Å². The lowest BCUT2D eigenvalue weighted by atomic mass is 9.66. The summed E-state index contributed by atoms with van der Waals surface area (Å²) in [5, 5.41) is 0. The lowest BCUT2D eigenvalue weighted by molar-refractivity contribution is 0.488. The molecule has 4 aliphatic rings. The van der Waals surface area contributed by atoms with E-state index in [9.17, 15) is 0 Å². The topological polar surface area (TPSA) is 12.5 Å². The Morgan fingerprint density at radius 1 is 0.264 bits per heavy atom. The Kier molecular flexibility index (Phi) is 8.66. The molecular weight excluding hydrogens is 871 g/mol. The van der Waals surface area contributed by atoms with E-state index in [1.54, 1.807) is 0 Å². The molecule has 0 atom stereocenters. The fraction of sp³-hybridized carbons (Fsp3) is 0.0571. The lowest BCUT2D eigenvalue weighted by Gasteiger charge is -2.35. The van der Waals surface area contributed by atoms with E-state index in [1.165, 1.54) is 89.0 Å². The van der Waals surface area contributed by atoms with Crippen LogP contribution in [-0.2, 0) is 10.8 Å². The number of hydrogen-bond donors (Lipinski definition) is 0. The standard InChI is InChI=1S/C70H47NO/c1-69(2)61-25-11-5-21-54(61)56-39-37-48(43-66(56)69)71(47-36-38-51-57-23-9-15-29-67(57)72-68-30-16-10-24-58(68)59(51)42-47)46-34-31-44(32-35-46)45-33-40-65-60(41-45)55-22-8-14-28-64(55)70(65)62-26-12-6-19-52(62)49-17-3-4-18-50(49)53-20-7-13-27-63(53)70/h3-43H,1-2H3. The molecule has 0 unspecified atom stereocenters. The number of fused-ring (bicyclic) bond motifs is 20. The minimum absolute atomic E-state index is 0.152. The van der Waals surface area contributed by atoms with Crippen LogP contribution in [0.2, 0.25) is 0 Å². The van der Waals surface area contributed by atoms with Gasteiger partial charge in [0, 0.05) is 33.6 Å². The predicted molar refractivity (Wildman–Crippen MR) is 297 cm³/mol. The largest absolute Gasteiger partial charge is 0.456 e. The zero-order valence-electron chi connectivity index (χ0n) is 40.0. The summed E-state index contributed by atoms with van der Waals surface area (Å²) in [5.41, 5.74) is 27.7. The third-order valence-electron chi connectivity index (χ3n) is 16.3. The highest BCUT2D eigenvalue weighted by Gasteiger charge is 2.49. The lowest BCUT2D eigenvalue weighted by Crippen LogP contribution is -2.29. The highest BCUT2D eigenvalue weighted by atomic mass is 16.5. The van der Waals surface area contributed by atoms with Gasteiger partial charge in [-0.25, -0.2) is 0 Å². The van der Waals surface area contributed by atoms with Crippen LogP contribution in [0.3, 0.4) is 0 Å². The minimum atomic E-state index is -0.505. The summed E-state index contributed by atoms with van der Waals surface area (Å²) < 4.78 is 6.63. The molecule has 1 aliphatic heterocycles. The van der Waals surface area contributed by atoms with Crippen LogP contribution in [0.1, 0.15) is 47.2 Å². The fourth-order valence-corrected chi connectivity index (χ4v) is 13.1. The SMILES string of the molecule is CC1(C)c2ccccc2-c2ccc(N(c3ccc(-c4ccc5c(c4)-c4ccccc4C54c5ccccc5-c5ccccc5-c5ccccc54)cc3)c3ccc4c(c3)-c3ccccc3Oc3ccccc3-4)cc21. The van der Waals surface area contributed by atoms with Crippen LogP contribution in [0.4, 0.5) is 17.1 Å². The van der Waals surface area contributed by atoms with Crippen LogP contribution in [0.5, 0.6) is 11.5 Å². The van der Waals surface area contributed by atoms with Gasteiger partial charge in [-0.15, -0.1) is 0 Å². The fourth-order valence-electron chi connectivity index (χ4n) is 13.1. The van der Waals surface area contributed by atoms with Crippen LogP contribution >= 0.6 is 0 Å². The third kappa shape index (κ3) is 5.66. The normalized spacial score (nSPS) is 14.0. The molecule has 0 N–H and O–H groups in total. The average molecular weight is 918 g/mol. The zero-order valence-corrected chi connectivity index (χ0v) is 40.0. The van der Waals surface area contributed by atoms with Gasteiger partial charge < -0.3 is 9.64 Å². The molecule has 11 aromatic carbocycles. The first-order valence-corrected chi connectivity index (χ1v) is 25.2. The average Bonchev–Trinajstić information content (AvgIpc) is 3.75. The quantitative estimate of drug-likeness (QED) is 0.174. The van der Waals surface area contributed by atoms with Crippen LogP contribution in [0, 0.1) is 0 Å². The molecule has 0 saturated carbocycles. The second-order valence-corrected chi connectivity index (χ2v) is 20.3. The van der Waals surface area contributed by atoms with E-state index in [0.29, 0.717) is 0 Å². The van der Waals surface area contributed by atoms with Crippen LogP contribution in [0.25, 0.3) is 77.9 Å². The van der Waals surface area contributed by atoms with Gasteiger partial charge in [0.15, 0.2) is 0 Å². The molecular formula is C70H47NO. The molecule has 72 heavy (non-hydrogen) atoms. The van der Waals surface area contributed by atoms with Crippen molar-refractivity contribution < 1.29 is 4.74 Å². The molecule has 0 bridgehead atoms. The molecule has 0 amide bonds. The summed E-state index contributed by atoms with van der Waals surface area (Å²) in [6, 6.07) is 92.4. The molecule has 0 radical (unpaired) electrons. The molecule has 2 nitrogen and oxygen atoms in total. The number of para-hydroxylation sites is 2. The molecule has 3 aliphatic carbocycles. The highest BCUT2D eigenvalue weighted by molar-refractivity contribution is 5.99. The van der Waals surface area contributed by atoms with E-state index >= 15 is 0 Å².